The highest BCUT2D eigenvalue weighted by atomic mass is 32.2. The van der Waals surface area contributed by atoms with Crippen molar-refractivity contribution in [3.63, 3.8) is 0 Å². The largest absolute Gasteiger partial charge is 0.493 e. The number of benzene rings is 1. The summed E-state index contributed by atoms with van der Waals surface area (Å²) in [6.45, 7) is 7.47. The Morgan fingerprint density at radius 3 is 2.61 bits per heavy atom. The first-order chi connectivity index (χ1) is 13.3. The zero-order valence-corrected chi connectivity index (χ0v) is 18.3. The second-order valence-electron chi connectivity index (χ2n) is 7.37. The zero-order chi connectivity index (χ0) is 20.6. The number of sulfonamides is 1. The Hall–Kier alpha value is -1.80. The molecule has 0 unspecified atom stereocenters. The van der Waals surface area contributed by atoms with Crippen molar-refractivity contribution < 1.29 is 13.2 Å². The molecule has 0 radical (unpaired) electrons. The highest BCUT2D eigenvalue weighted by Gasteiger charge is 2.24. The van der Waals surface area contributed by atoms with Gasteiger partial charge in [0.05, 0.1) is 12.9 Å². The van der Waals surface area contributed by atoms with E-state index in [0.717, 1.165) is 43.1 Å². The Morgan fingerprint density at radius 1 is 1.29 bits per heavy atom. The fourth-order valence-corrected chi connectivity index (χ4v) is 4.11. The van der Waals surface area contributed by atoms with Gasteiger partial charge in [-0.05, 0) is 43.7 Å². The van der Waals surface area contributed by atoms with Gasteiger partial charge in [0, 0.05) is 38.8 Å². The van der Waals surface area contributed by atoms with Crippen molar-refractivity contribution in [3.8, 4) is 5.75 Å². The van der Waals surface area contributed by atoms with Crippen LogP contribution in [-0.2, 0) is 16.6 Å². The standard InChI is InChI=1S/C20H34N4O3S/c1-5-12-27-19-13-16(2)6-7-18(19)15-23-20(21-3)22-14-17-8-10-24(11-9-17)28(4,25)26/h6-7,13,17H,5,8-12,14-15H2,1-4H3,(H2,21,22,23). The van der Waals surface area contributed by atoms with Crippen molar-refractivity contribution in [3.05, 3.63) is 29.3 Å². The monoisotopic (exact) mass is 410 g/mol. The van der Waals surface area contributed by atoms with Gasteiger partial charge in [0.2, 0.25) is 10.0 Å². The van der Waals surface area contributed by atoms with E-state index in [0.29, 0.717) is 32.2 Å². The van der Waals surface area contributed by atoms with E-state index in [4.69, 9.17) is 4.74 Å². The topological polar surface area (TPSA) is 83.0 Å². The second kappa shape index (κ2) is 10.7. The Labute approximate surface area is 169 Å². The molecule has 0 atom stereocenters. The molecule has 0 aliphatic carbocycles. The average molecular weight is 411 g/mol. The van der Waals surface area contributed by atoms with E-state index < -0.39 is 10.0 Å². The molecular formula is C20H34N4O3S. The van der Waals surface area contributed by atoms with Crippen LogP contribution in [0.2, 0.25) is 0 Å². The highest BCUT2D eigenvalue weighted by molar-refractivity contribution is 7.88. The minimum atomic E-state index is -3.07. The van der Waals surface area contributed by atoms with Crippen LogP contribution in [0.5, 0.6) is 5.75 Å². The Balaban J connectivity index is 1.83. The molecule has 1 aliphatic heterocycles. The zero-order valence-electron chi connectivity index (χ0n) is 17.5. The van der Waals surface area contributed by atoms with Crippen LogP contribution >= 0.6 is 0 Å². The van der Waals surface area contributed by atoms with Gasteiger partial charge in [-0.2, -0.15) is 0 Å². The molecule has 0 bridgehead atoms. The second-order valence-corrected chi connectivity index (χ2v) is 9.35. The highest BCUT2D eigenvalue weighted by Crippen LogP contribution is 2.21. The van der Waals surface area contributed by atoms with Crippen LogP contribution in [-0.4, -0.2) is 58.2 Å². The average Bonchev–Trinajstić information content (AvgIpc) is 2.67. The van der Waals surface area contributed by atoms with E-state index in [2.05, 4.69) is 47.7 Å². The number of nitrogens with one attached hydrogen (secondary N) is 2. The van der Waals surface area contributed by atoms with Crippen LogP contribution in [0.1, 0.15) is 37.3 Å². The molecule has 158 valence electrons. The Bertz CT molecular complexity index is 757. The van der Waals surface area contributed by atoms with Crippen LogP contribution in [0.3, 0.4) is 0 Å². The van der Waals surface area contributed by atoms with Crippen molar-refractivity contribution in [1.82, 2.24) is 14.9 Å². The summed E-state index contributed by atoms with van der Waals surface area (Å²) in [5, 5.41) is 6.71. The maximum atomic E-state index is 11.6. The number of hydrogen-bond donors (Lipinski definition) is 2. The third-order valence-electron chi connectivity index (χ3n) is 4.95. The fourth-order valence-electron chi connectivity index (χ4n) is 3.24. The first kappa shape index (κ1) is 22.5. The first-order valence-electron chi connectivity index (χ1n) is 9.95. The van der Waals surface area contributed by atoms with E-state index in [1.165, 1.54) is 11.8 Å². The molecule has 2 rings (SSSR count). The normalized spacial score (nSPS) is 16.8. The lowest BCUT2D eigenvalue weighted by Crippen LogP contribution is -2.43. The molecular weight excluding hydrogens is 376 g/mol. The molecule has 2 N–H and O–H groups in total. The molecule has 0 aromatic heterocycles. The predicted octanol–water partition coefficient (Wildman–Crippen LogP) is 2.12. The summed E-state index contributed by atoms with van der Waals surface area (Å²) in [5.74, 6) is 2.10. The summed E-state index contributed by atoms with van der Waals surface area (Å²) >= 11 is 0. The summed E-state index contributed by atoms with van der Waals surface area (Å²) in [6.07, 6.45) is 3.98. The summed E-state index contributed by atoms with van der Waals surface area (Å²) < 4.78 is 30.7. The maximum Gasteiger partial charge on any atom is 0.211 e. The number of piperidine rings is 1. The van der Waals surface area contributed by atoms with Gasteiger partial charge in [0.15, 0.2) is 5.96 Å². The van der Waals surface area contributed by atoms with Gasteiger partial charge in [-0.1, -0.05) is 19.1 Å². The number of ether oxygens (including phenoxy) is 1. The number of nitrogens with zero attached hydrogens (tertiary/aromatic N) is 2. The first-order valence-corrected chi connectivity index (χ1v) is 11.8. The minimum absolute atomic E-state index is 0.444. The summed E-state index contributed by atoms with van der Waals surface area (Å²) in [6, 6.07) is 6.24. The van der Waals surface area contributed by atoms with Crippen LogP contribution in [0.15, 0.2) is 23.2 Å². The molecule has 7 nitrogen and oxygen atoms in total. The molecule has 1 fully saturated rings. The molecule has 8 heteroatoms. The summed E-state index contributed by atoms with van der Waals surface area (Å²) in [7, 11) is -1.32. The molecule has 1 aliphatic rings. The van der Waals surface area contributed by atoms with Crippen LogP contribution in [0.4, 0.5) is 0 Å². The van der Waals surface area contributed by atoms with E-state index in [1.807, 2.05) is 0 Å². The number of aryl methyl sites for hydroxylation is 1. The van der Waals surface area contributed by atoms with Crippen LogP contribution < -0.4 is 15.4 Å². The third kappa shape index (κ3) is 6.98. The smallest absolute Gasteiger partial charge is 0.211 e. The van der Waals surface area contributed by atoms with E-state index in [1.54, 1.807) is 11.4 Å². The Morgan fingerprint density at radius 2 is 2.00 bits per heavy atom. The van der Waals surface area contributed by atoms with E-state index in [9.17, 15) is 8.42 Å². The van der Waals surface area contributed by atoms with Gasteiger partial charge in [-0.15, -0.1) is 0 Å². The lowest BCUT2D eigenvalue weighted by Gasteiger charge is -2.30. The fraction of sp³-hybridized carbons (Fsp3) is 0.650. The van der Waals surface area contributed by atoms with Crippen LogP contribution in [0, 0.1) is 12.8 Å². The van der Waals surface area contributed by atoms with Gasteiger partial charge in [0.1, 0.15) is 5.75 Å². The lowest BCUT2D eigenvalue weighted by atomic mass is 9.98. The van der Waals surface area contributed by atoms with Crippen molar-refractivity contribution in [1.29, 1.82) is 0 Å². The van der Waals surface area contributed by atoms with Crippen molar-refractivity contribution in [2.24, 2.45) is 10.9 Å². The van der Waals surface area contributed by atoms with E-state index >= 15 is 0 Å². The molecule has 1 aromatic carbocycles. The molecule has 1 saturated heterocycles. The molecule has 1 heterocycles. The molecule has 0 spiro atoms. The molecule has 28 heavy (non-hydrogen) atoms. The van der Waals surface area contributed by atoms with Gasteiger partial charge in [0.25, 0.3) is 0 Å². The number of guanidine groups is 1. The van der Waals surface area contributed by atoms with Gasteiger partial charge in [-0.3, -0.25) is 4.99 Å². The summed E-state index contributed by atoms with van der Waals surface area (Å²) in [5.41, 5.74) is 2.28. The SMILES string of the molecule is CCCOc1cc(C)ccc1CNC(=NC)NCC1CCN(S(C)(=O)=O)CC1. The Kier molecular flexibility index (Phi) is 8.57. The minimum Gasteiger partial charge on any atom is -0.493 e. The van der Waals surface area contributed by atoms with Crippen molar-refractivity contribution in [2.45, 2.75) is 39.7 Å². The van der Waals surface area contributed by atoms with Crippen molar-refractivity contribution >= 4 is 16.0 Å². The van der Waals surface area contributed by atoms with Gasteiger partial charge in [-0.25, -0.2) is 12.7 Å². The van der Waals surface area contributed by atoms with Crippen LogP contribution in [0.25, 0.3) is 0 Å². The molecule has 1 aromatic rings. The molecule has 0 amide bonds. The maximum absolute atomic E-state index is 11.6. The van der Waals surface area contributed by atoms with Gasteiger partial charge >= 0.3 is 0 Å². The van der Waals surface area contributed by atoms with E-state index in [-0.39, 0.29) is 0 Å². The van der Waals surface area contributed by atoms with Gasteiger partial charge < -0.3 is 15.4 Å². The third-order valence-corrected chi connectivity index (χ3v) is 6.26. The number of rotatable bonds is 8. The predicted molar refractivity (Wildman–Crippen MR) is 114 cm³/mol. The summed E-state index contributed by atoms with van der Waals surface area (Å²) in [4.78, 5) is 4.30. The van der Waals surface area contributed by atoms with Crippen molar-refractivity contribution in [2.75, 3.05) is 39.5 Å². The lowest BCUT2D eigenvalue weighted by molar-refractivity contribution is 0.274. The quantitative estimate of drug-likeness (QED) is 0.507. The number of hydrogen-bond acceptors (Lipinski definition) is 4. The number of aliphatic imine (C=N–C) groups is 1. The molecule has 0 saturated carbocycles.